The summed E-state index contributed by atoms with van der Waals surface area (Å²) >= 11 is 0. The fourth-order valence-corrected chi connectivity index (χ4v) is 4.72. The van der Waals surface area contributed by atoms with Gasteiger partial charge in [0.1, 0.15) is 6.61 Å². The van der Waals surface area contributed by atoms with E-state index in [9.17, 15) is 4.79 Å². The van der Waals surface area contributed by atoms with Crippen LogP contribution in [0.5, 0.6) is 0 Å². The number of unbranched alkanes of at least 4 members (excludes halogenated alkanes) is 12. The van der Waals surface area contributed by atoms with Crippen molar-refractivity contribution in [2.24, 2.45) is 0 Å². The lowest BCUT2D eigenvalue weighted by Crippen LogP contribution is -2.15. The molecule has 0 fully saturated rings. The van der Waals surface area contributed by atoms with E-state index >= 15 is 0 Å². The smallest absolute Gasteiger partial charge is 0.305 e. The van der Waals surface area contributed by atoms with Crippen molar-refractivity contribution in [1.29, 1.82) is 0 Å². The Kier molecular flexibility index (Phi) is 45.7. The quantitative estimate of drug-likeness (QED) is 0.0393. The van der Waals surface area contributed by atoms with Gasteiger partial charge in [0.05, 0.1) is 132 Å². The van der Waals surface area contributed by atoms with Crippen LogP contribution < -0.4 is 0 Å². The van der Waals surface area contributed by atoms with Crippen molar-refractivity contribution in [3.63, 3.8) is 0 Å². The Hall–Kier alpha value is -1.19. The van der Waals surface area contributed by atoms with Crippen LogP contribution in [-0.2, 0) is 56.9 Å². The van der Waals surface area contributed by atoms with E-state index < -0.39 is 0 Å². The molecule has 12 nitrogen and oxygen atoms in total. The van der Waals surface area contributed by atoms with Crippen molar-refractivity contribution in [2.75, 3.05) is 139 Å². The van der Waals surface area contributed by atoms with Gasteiger partial charge in [-0.1, -0.05) is 90.0 Å². The van der Waals surface area contributed by atoms with Gasteiger partial charge in [0.2, 0.25) is 0 Å². The zero-order valence-corrected chi connectivity index (χ0v) is 32.4. The summed E-state index contributed by atoms with van der Waals surface area (Å²) in [5.74, 6) is -0.131. The van der Waals surface area contributed by atoms with Crippen LogP contribution in [0.3, 0.4) is 0 Å². The van der Waals surface area contributed by atoms with Crippen molar-refractivity contribution in [3.8, 4) is 0 Å². The molecule has 0 aromatic rings. The monoisotopic (exact) mass is 737 g/mol. The van der Waals surface area contributed by atoms with Crippen LogP contribution >= 0.6 is 0 Å². The normalized spacial score (nSPS) is 11.4. The van der Waals surface area contributed by atoms with E-state index in [0.29, 0.717) is 139 Å². The Balaban J connectivity index is 3.12. The molecule has 0 bridgehead atoms. The maximum Gasteiger partial charge on any atom is 0.305 e. The van der Waals surface area contributed by atoms with Gasteiger partial charge in [0.25, 0.3) is 0 Å². The fourth-order valence-electron chi connectivity index (χ4n) is 4.72. The van der Waals surface area contributed by atoms with Crippen LogP contribution in [0, 0.1) is 0 Å². The molecule has 0 aromatic heterocycles. The third-order valence-electron chi connectivity index (χ3n) is 7.56. The SMILES string of the molecule is C=CCOCCOCCOCCOCCOCCOCCOCCOCCOCCOCCOC(=O)CCCCCCCCCCCCCCC. The van der Waals surface area contributed by atoms with Gasteiger partial charge in [-0.15, -0.1) is 6.58 Å². The highest BCUT2D eigenvalue weighted by atomic mass is 16.6. The zero-order valence-electron chi connectivity index (χ0n) is 32.4. The molecule has 0 aliphatic rings. The highest BCUT2D eigenvalue weighted by Gasteiger charge is 2.03. The van der Waals surface area contributed by atoms with Gasteiger partial charge in [-0.25, -0.2) is 0 Å². The minimum absolute atomic E-state index is 0.131. The average Bonchev–Trinajstić information content (AvgIpc) is 3.14. The largest absolute Gasteiger partial charge is 0.463 e. The molecular formula is C39H76O12. The number of carbonyl (C=O) groups is 1. The van der Waals surface area contributed by atoms with Crippen LogP contribution in [0.4, 0.5) is 0 Å². The summed E-state index contributed by atoms with van der Waals surface area (Å²) in [5.41, 5.74) is 0. The lowest BCUT2D eigenvalue weighted by atomic mass is 10.0. The molecule has 0 amide bonds. The highest BCUT2D eigenvalue weighted by Crippen LogP contribution is 2.13. The molecule has 0 radical (unpaired) electrons. The van der Waals surface area contributed by atoms with Crippen LogP contribution in [0.2, 0.25) is 0 Å². The maximum absolute atomic E-state index is 11.9. The number of hydrogen-bond acceptors (Lipinski definition) is 12. The number of esters is 1. The molecule has 0 aliphatic carbocycles. The average molecular weight is 737 g/mol. The second-order valence-electron chi connectivity index (χ2n) is 12.1. The molecule has 0 atom stereocenters. The minimum atomic E-state index is -0.131. The van der Waals surface area contributed by atoms with Crippen molar-refractivity contribution in [1.82, 2.24) is 0 Å². The molecule has 0 aromatic carbocycles. The first-order valence-corrected chi connectivity index (χ1v) is 19.8. The van der Waals surface area contributed by atoms with Gasteiger partial charge in [-0.2, -0.15) is 0 Å². The summed E-state index contributed by atoms with van der Waals surface area (Å²) in [6.45, 7) is 16.2. The van der Waals surface area contributed by atoms with Gasteiger partial charge in [-0.05, 0) is 6.42 Å². The van der Waals surface area contributed by atoms with Crippen molar-refractivity contribution in [3.05, 3.63) is 12.7 Å². The summed E-state index contributed by atoms with van der Waals surface area (Å²) in [7, 11) is 0. The lowest BCUT2D eigenvalue weighted by Gasteiger charge is -2.09. The van der Waals surface area contributed by atoms with E-state index in [0.717, 1.165) is 12.8 Å². The molecule has 0 N–H and O–H groups in total. The number of carbonyl (C=O) groups excluding carboxylic acids is 1. The number of rotatable bonds is 46. The second kappa shape index (κ2) is 46.8. The minimum Gasteiger partial charge on any atom is -0.463 e. The van der Waals surface area contributed by atoms with E-state index in [1.165, 1.54) is 70.6 Å². The fraction of sp³-hybridized carbons (Fsp3) is 0.923. The highest BCUT2D eigenvalue weighted by molar-refractivity contribution is 5.69. The third kappa shape index (κ3) is 46.8. The predicted molar refractivity (Wildman–Crippen MR) is 200 cm³/mol. The molecule has 0 saturated carbocycles. The standard InChI is InChI=1S/C39H76O12/c1-3-5-6-7-8-9-10-11-12-13-14-15-16-17-39(40)51-38-37-50-36-35-49-34-33-48-32-31-47-30-29-46-28-27-45-26-25-44-24-23-43-22-21-42-20-19-41-18-4-2/h4H,2-3,5-38H2,1H3. The van der Waals surface area contributed by atoms with Crippen molar-refractivity contribution >= 4 is 5.97 Å². The van der Waals surface area contributed by atoms with Crippen LogP contribution in [0.15, 0.2) is 12.7 Å². The molecule has 12 heteroatoms. The lowest BCUT2D eigenvalue weighted by molar-refractivity contribution is -0.145. The van der Waals surface area contributed by atoms with Crippen molar-refractivity contribution < 1.29 is 56.9 Å². The van der Waals surface area contributed by atoms with Crippen LogP contribution in [0.1, 0.15) is 96.8 Å². The maximum atomic E-state index is 11.9. The van der Waals surface area contributed by atoms with Crippen LogP contribution in [-0.4, -0.2) is 145 Å². The summed E-state index contributed by atoms with van der Waals surface area (Å²) < 4.78 is 59.6. The van der Waals surface area contributed by atoms with E-state index in [4.69, 9.17) is 52.1 Å². The van der Waals surface area contributed by atoms with Crippen molar-refractivity contribution in [2.45, 2.75) is 96.8 Å². The summed E-state index contributed by atoms with van der Waals surface area (Å²) in [6, 6.07) is 0. The van der Waals surface area contributed by atoms with Gasteiger partial charge >= 0.3 is 5.97 Å². The van der Waals surface area contributed by atoms with Gasteiger partial charge in [-0.3, -0.25) is 4.79 Å². The molecule has 0 saturated heterocycles. The third-order valence-corrected chi connectivity index (χ3v) is 7.56. The molecule has 0 aliphatic heterocycles. The molecule has 0 heterocycles. The predicted octanol–water partition coefficient (Wildman–Crippen LogP) is 6.36. The molecule has 304 valence electrons. The Morgan fingerprint density at radius 1 is 0.373 bits per heavy atom. The van der Waals surface area contributed by atoms with E-state index in [1.54, 1.807) is 6.08 Å². The first-order valence-electron chi connectivity index (χ1n) is 19.8. The van der Waals surface area contributed by atoms with Gasteiger partial charge < -0.3 is 52.1 Å². The van der Waals surface area contributed by atoms with Crippen LogP contribution in [0.25, 0.3) is 0 Å². The van der Waals surface area contributed by atoms with E-state index in [-0.39, 0.29) is 12.6 Å². The number of hydrogen-bond donors (Lipinski definition) is 0. The Morgan fingerprint density at radius 2 is 0.627 bits per heavy atom. The second-order valence-corrected chi connectivity index (χ2v) is 12.1. The topological polar surface area (TPSA) is 119 Å². The van der Waals surface area contributed by atoms with Gasteiger partial charge in [0, 0.05) is 6.42 Å². The molecule has 0 unspecified atom stereocenters. The Bertz CT molecular complexity index is 670. The summed E-state index contributed by atoms with van der Waals surface area (Å²) in [6.07, 6.45) is 19.0. The molecule has 51 heavy (non-hydrogen) atoms. The molecule has 0 spiro atoms. The molecule has 0 rings (SSSR count). The van der Waals surface area contributed by atoms with E-state index in [2.05, 4.69) is 13.5 Å². The summed E-state index contributed by atoms with van der Waals surface area (Å²) in [5, 5.41) is 0. The Morgan fingerprint density at radius 3 is 0.922 bits per heavy atom. The van der Waals surface area contributed by atoms with Gasteiger partial charge in [0.15, 0.2) is 0 Å². The number of ether oxygens (including phenoxy) is 11. The zero-order chi connectivity index (χ0) is 36.8. The first-order chi connectivity index (χ1) is 25.3. The van der Waals surface area contributed by atoms with E-state index in [1.807, 2.05) is 0 Å². The first kappa shape index (κ1) is 49.8. The summed E-state index contributed by atoms with van der Waals surface area (Å²) in [4.78, 5) is 11.9. The Labute approximate surface area is 310 Å². The molecular weight excluding hydrogens is 660 g/mol.